The fraction of sp³-hybridized carbons (Fsp3) is 0.286. The first-order valence-corrected chi connectivity index (χ1v) is 8.78. The minimum atomic E-state index is -1.80. The molecule has 2 fully saturated rings. The molecule has 6 nitrogen and oxygen atoms in total. The highest BCUT2D eigenvalue weighted by molar-refractivity contribution is 6.12. The number of carbonyl (C=O) groups excluding carboxylic acids is 3. The maximum atomic E-state index is 12.8. The Labute approximate surface area is 156 Å². The maximum absolute atomic E-state index is 12.8. The van der Waals surface area contributed by atoms with Gasteiger partial charge < -0.3 is 14.8 Å². The van der Waals surface area contributed by atoms with Crippen LogP contribution in [0.15, 0.2) is 60.7 Å². The fourth-order valence-electron chi connectivity index (χ4n) is 4.18. The third-order valence-corrected chi connectivity index (χ3v) is 5.41. The zero-order chi connectivity index (χ0) is 19.0. The number of ether oxygens (including phenoxy) is 2. The normalized spacial score (nSPS) is 29.0. The van der Waals surface area contributed by atoms with Gasteiger partial charge in [-0.1, -0.05) is 60.7 Å². The number of rotatable bonds is 4. The van der Waals surface area contributed by atoms with Crippen LogP contribution in [0.4, 0.5) is 0 Å². The van der Waals surface area contributed by atoms with Gasteiger partial charge in [0.1, 0.15) is 6.10 Å². The van der Waals surface area contributed by atoms with Gasteiger partial charge in [0.2, 0.25) is 11.4 Å². The third kappa shape index (κ3) is 2.60. The monoisotopic (exact) mass is 365 g/mol. The van der Waals surface area contributed by atoms with Crippen LogP contribution in [0.2, 0.25) is 0 Å². The largest absolute Gasteiger partial charge is 0.467 e. The van der Waals surface area contributed by atoms with Gasteiger partial charge in [0, 0.05) is 0 Å². The summed E-state index contributed by atoms with van der Waals surface area (Å²) in [5, 5.41) is 2.61. The second kappa shape index (κ2) is 6.54. The molecular weight excluding hydrogens is 346 g/mol. The molecule has 2 heterocycles. The predicted molar refractivity (Wildman–Crippen MR) is 95.3 cm³/mol. The van der Waals surface area contributed by atoms with Crippen molar-refractivity contribution in [2.24, 2.45) is 11.8 Å². The molecule has 2 aromatic carbocycles. The van der Waals surface area contributed by atoms with Crippen LogP contribution in [0.3, 0.4) is 0 Å². The lowest BCUT2D eigenvalue weighted by atomic mass is 9.74. The number of hydrogen-bond donors (Lipinski definition) is 1. The summed E-state index contributed by atoms with van der Waals surface area (Å²) in [7, 11) is 1.20. The Morgan fingerprint density at radius 2 is 1.70 bits per heavy atom. The van der Waals surface area contributed by atoms with Crippen molar-refractivity contribution in [3.05, 3.63) is 71.8 Å². The number of fused-ring (bicyclic) bond motifs is 1. The summed E-state index contributed by atoms with van der Waals surface area (Å²) in [6.07, 6.45) is -0.304. The summed E-state index contributed by atoms with van der Waals surface area (Å²) in [5.41, 5.74) is -0.105. The van der Waals surface area contributed by atoms with Gasteiger partial charge in [-0.15, -0.1) is 0 Å². The molecule has 0 unspecified atom stereocenters. The van der Waals surface area contributed by atoms with E-state index >= 15 is 0 Å². The number of nitrogens with one attached hydrogen (secondary N) is 1. The van der Waals surface area contributed by atoms with Crippen molar-refractivity contribution in [3.63, 3.8) is 0 Å². The number of amides is 1. The van der Waals surface area contributed by atoms with Crippen LogP contribution in [-0.4, -0.2) is 30.5 Å². The Balaban J connectivity index is 1.80. The Kier molecular flexibility index (Phi) is 4.18. The van der Waals surface area contributed by atoms with Gasteiger partial charge in [-0.05, 0) is 17.5 Å². The topological polar surface area (TPSA) is 81.7 Å². The van der Waals surface area contributed by atoms with E-state index in [1.807, 2.05) is 60.7 Å². The highest BCUT2D eigenvalue weighted by Crippen LogP contribution is 2.51. The molecule has 6 heteroatoms. The van der Waals surface area contributed by atoms with E-state index in [4.69, 9.17) is 9.47 Å². The fourth-order valence-corrected chi connectivity index (χ4v) is 4.18. The standard InChI is InChI=1S/C21H19NO5/c1-26-19(24)21-16(17(27-20(21)25)14-10-6-3-7-11-14)15(18(23)22-21)12-13-8-4-2-5-9-13/h2-11,15-17H,12H2,1H3,(H,22,23)/t15-,16+,17+,21-/m1/s1. The molecule has 0 spiro atoms. The molecule has 138 valence electrons. The summed E-state index contributed by atoms with van der Waals surface area (Å²) < 4.78 is 10.5. The van der Waals surface area contributed by atoms with E-state index in [0.29, 0.717) is 6.42 Å². The molecule has 0 radical (unpaired) electrons. The zero-order valence-corrected chi connectivity index (χ0v) is 14.8. The molecule has 2 aromatic rings. The molecule has 4 rings (SSSR count). The molecule has 0 aliphatic carbocycles. The molecule has 2 aliphatic heterocycles. The van der Waals surface area contributed by atoms with Crippen molar-refractivity contribution in [2.75, 3.05) is 7.11 Å². The van der Waals surface area contributed by atoms with Gasteiger partial charge in [0.25, 0.3) is 0 Å². The van der Waals surface area contributed by atoms with Crippen LogP contribution in [0.5, 0.6) is 0 Å². The van der Waals surface area contributed by atoms with Crippen LogP contribution in [0.1, 0.15) is 17.2 Å². The van der Waals surface area contributed by atoms with Crippen LogP contribution >= 0.6 is 0 Å². The van der Waals surface area contributed by atoms with E-state index in [2.05, 4.69) is 5.32 Å². The molecular formula is C21H19NO5. The lowest BCUT2D eigenvalue weighted by Gasteiger charge is -2.25. The number of carbonyl (C=O) groups is 3. The minimum Gasteiger partial charge on any atom is -0.467 e. The average Bonchev–Trinajstić information content (AvgIpc) is 3.15. The molecule has 2 aliphatic rings. The predicted octanol–water partition coefficient (Wildman–Crippen LogP) is 1.80. The van der Waals surface area contributed by atoms with Gasteiger partial charge in [0.15, 0.2) is 0 Å². The second-order valence-corrected chi connectivity index (χ2v) is 6.85. The number of hydrogen-bond acceptors (Lipinski definition) is 5. The third-order valence-electron chi connectivity index (χ3n) is 5.41. The van der Waals surface area contributed by atoms with Gasteiger partial charge in [-0.25, -0.2) is 9.59 Å². The van der Waals surface area contributed by atoms with Gasteiger partial charge >= 0.3 is 11.9 Å². The molecule has 0 bridgehead atoms. The first-order valence-electron chi connectivity index (χ1n) is 8.78. The van der Waals surface area contributed by atoms with Crippen LogP contribution in [0, 0.1) is 11.8 Å². The summed E-state index contributed by atoms with van der Waals surface area (Å²) in [6, 6.07) is 18.7. The van der Waals surface area contributed by atoms with E-state index in [1.165, 1.54) is 7.11 Å². The number of methoxy groups -OCH3 is 1. The highest BCUT2D eigenvalue weighted by atomic mass is 16.6. The number of benzene rings is 2. The molecule has 0 aromatic heterocycles. The van der Waals surface area contributed by atoms with Crippen molar-refractivity contribution in [3.8, 4) is 0 Å². The summed E-state index contributed by atoms with van der Waals surface area (Å²) in [6.45, 7) is 0. The van der Waals surface area contributed by atoms with Crippen molar-refractivity contribution < 1.29 is 23.9 Å². The van der Waals surface area contributed by atoms with Crippen LogP contribution in [0.25, 0.3) is 0 Å². The molecule has 0 saturated carbocycles. The lowest BCUT2D eigenvalue weighted by Crippen LogP contribution is -2.57. The van der Waals surface area contributed by atoms with Crippen molar-refractivity contribution in [2.45, 2.75) is 18.1 Å². The van der Waals surface area contributed by atoms with E-state index in [9.17, 15) is 14.4 Å². The van der Waals surface area contributed by atoms with E-state index < -0.39 is 35.4 Å². The Morgan fingerprint density at radius 1 is 1.07 bits per heavy atom. The smallest absolute Gasteiger partial charge is 0.344 e. The molecule has 1 N–H and O–H groups in total. The maximum Gasteiger partial charge on any atom is 0.344 e. The first kappa shape index (κ1) is 17.3. The Morgan fingerprint density at radius 3 is 2.33 bits per heavy atom. The molecule has 2 saturated heterocycles. The van der Waals surface area contributed by atoms with Gasteiger partial charge in [-0.3, -0.25) is 4.79 Å². The minimum absolute atomic E-state index is 0.341. The zero-order valence-electron chi connectivity index (χ0n) is 14.8. The van der Waals surface area contributed by atoms with Crippen LogP contribution in [-0.2, 0) is 30.3 Å². The summed E-state index contributed by atoms with van der Waals surface area (Å²) >= 11 is 0. The molecule has 27 heavy (non-hydrogen) atoms. The lowest BCUT2D eigenvalue weighted by molar-refractivity contribution is -0.159. The number of esters is 2. The first-order chi connectivity index (χ1) is 13.1. The molecule has 4 atom stereocenters. The van der Waals surface area contributed by atoms with E-state index in [0.717, 1.165) is 11.1 Å². The van der Waals surface area contributed by atoms with Crippen LogP contribution < -0.4 is 5.32 Å². The summed E-state index contributed by atoms with van der Waals surface area (Å²) in [5.74, 6) is -3.18. The molecule has 1 amide bonds. The van der Waals surface area contributed by atoms with Gasteiger partial charge in [0.05, 0.1) is 18.9 Å². The van der Waals surface area contributed by atoms with Gasteiger partial charge in [-0.2, -0.15) is 0 Å². The summed E-state index contributed by atoms with van der Waals surface area (Å²) in [4.78, 5) is 38.2. The Bertz CT molecular complexity index is 882. The Hall–Kier alpha value is -3.15. The van der Waals surface area contributed by atoms with E-state index in [1.54, 1.807) is 0 Å². The van der Waals surface area contributed by atoms with Crippen molar-refractivity contribution in [1.29, 1.82) is 0 Å². The average molecular weight is 365 g/mol. The SMILES string of the molecule is COC(=O)[C@]12NC(=O)[C@H](Cc3ccccc3)[C@H]1[C@H](c1ccccc1)OC2=O. The number of cyclic esters (lactones) is 1. The second-order valence-electron chi connectivity index (χ2n) is 6.85. The van der Waals surface area contributed by atoms with Crippen molar-refractivity contribution >= 4 is 17.8 Å². The highest BCUT2D eigenvalue weighted by Gasteiger charge is 2.71. The van der Waals surface area contributed by atoms with E-state index in [-0.39, 0.29) is 5.91 Å². The van der Waals surface area contributed by atoms with Crippen molar-refractivity contribution in [1.82, 2.24) is 5.32 Å². The quantitative estimate of drug-likeness (QED) is 0.660.